The molecule has 0 aliphatic carbocycles. The van der Waals surface area contributed by atoms with Crippen molar-refractivity contribution in [3.05, 3.63) is 0 Å². The van der Waals surface area contributed by atoms with Gasteiger partial charge in [0.15, 0.2) is 0 Å². The number of amides is 1. The summed E-state index contributed by atoms with van der Waals surface area (Å²) in [6.45, 7) is 4.24. The molecule has 6 nitrogen and oxygen atoms in total. The van der Waals surface area contributed by atoms with Crippen molar-refractivity contribution in [2.75, 3.05) is 13.1 Å². The predicted octanol–water partition coefficient (Wildman–Crippen LogP) is 0.455. The van der Waals surface area contributed by atoms with E-state index in [9.17, 15) is 18.7 Å². The lowest BCUT2D eigenvalue weighted by Gasteiger charge is -2.27. The van der Waals surface area contributed by atoms with Gasteiger partial charge in [0, 0.05) is 6.42 Å². The van der Waals surface area contributed by atoms with Gasteiger partial charge in [0.25, 0.3) is 5.92 Å². The molecule has 0 aromatic rings. The number of alkyl carbamates (subject to hydrolysis) is 1. The van der Waals surface area contributed by atoms with Gasteiger partial charge in [-0.05, 0) is 20.8 Å². The van der Waals surface area contributed by atoms with Crippen molar-refractivity contribution in [2.24, 2.45) is 5.73 Å². The molecule has 0 spiro atoms. The lowest BCUT2D eigenvalue weighted by Crippen LogP contribution is -2.49. The normalized spacial score (nSPS) is 25.1. The highest BCUT2D eigenvalue weighted by atomic mass is 19.3. The minimum atomic E-state index is -2.91. The number of aliphatic hydroxyl groups is 1. The molecule has 1 aliphatic rings. The lowest BCUT2D eigenvalue weighted by atomic mass is 10.2. The molecule has 1 aliphatic heterocycles. The van der Waals surface area contributed by atoms with Crippen LogP contribution in [-0.2, 0) is 4.74 Å². The largest absolute Gasteiger partial charge is 0.444 e. The average molecular weight is 281 g/mol. The average Bonchev–Trinajstić information content (AvgIpc) is 2.46. The van der Waals surface area contributed by atoms with Crippen LogP contribution in [0.3, 0.4) is 0 Å². The summed E-state index contributed by atoms with van der Waals surface area (Å²) in [4.78, 5) is 12.4. The van der Waals surface area contributed by atoms with Crippen LogP contribution in [0.2, 0.25) is 0 Å². The Balaban J connectivity index is 2.40. The number of halogens is 2. The van der Waals surface area contributed by atoms with Crippen LogP contribution in [0.4, 0.5) is 13.6 Å². The third-order valence-electron chi connectivity index (χ3n) is 2.56. The monoisotopic (exact) mass is 281 g/mol. The number of likely N-dealkylation sites (tertiary alicyclic amines) is 1. The molecular formula is C11H21F2N3O3. The first-order chi connectivity index (χ1) is 8.50. The van der Waals surface area contributed by atoms with Crippen LogP contribution in [0.25, 0.3) is 0 Å². The van der Waals surface area contributed by atoms with Gasteiger partial charge in [0.05, 0.1) is 19.3 Å². The van der Waals surface area contributed by atoms with Crippen molar-refractivity contribution < 1.29 is 23.4 Å². The molecule has 4 N–H and O–H groups in total. The Morgan fingerprint density at radius 3 is 2.63 bits per heavy atom. The molecule has 2 atom stereocenters. The van der Waals surface area contributed by atoms with Gasteiger partial charge in [-0.1, -0.05) is 0 Å². The van der Waals surface area contributed by atoms with Gasteiger partial charge in [0.1, 0.15) is 11.8 Å². The van der Waals surface area contributed by atoms with E-state index in [1.54, 1.807) is 20.8 Å². The Labute approximate surface area is 110 Å². The molecule has 0 bridgehead atoms. The first kappa shape index (κ1) is 16.1. The maximum Gasteiger partial charge on any atom is 0.407 e. The molecule has 0 saturated carbocycles. The van der Waals surface area contributed by atoms with E-state index in [4.69, 9.17) is 10.5 Å². The van der Waals surface area contributed by atoms with Crippen LogP contribution in [0.5, 0.6) is 0 Å². The van der Waals surface area contributed by atoms with Gasteiger partial charge in [0.2, 0.25) is 0 Å². The molecule has 19 heavy (non-hydrogen) atoms. The second-order valence-electron chi connectivity index (χ2n) is 5.66. The summed E-state index contributed by atoms with van der Waals surface area (Å²) in [6, 6.07) is 0. The van der Waals surface area contributed by atoms with Crippen LogP contribution < -0.4 is 11.1 Å². The Morgan fingerprint density at radius 2 is 2.21 bits per heavy atom. The number of aliphatic hydroxyl groups excluding tert-OH is 1. The molecule has 0 aromatic heterocycles. The highest BCUT2D eigenvalue weighted by Crippen LogP contribution is 2.30. The second-order valence-corrected chi connectivity index (χ2v) is 5.66. The van der Waals surface area contributed by atoms with Crippen molar-refractivity contribution in [3.8, 4) is 0 Å². The maximum atomic E-state index is 13.1. The number of carbonyl (C=O) groups excluding carboxylic acids is 1. The first-order valence-corrected chi connectivity index (χ1v) is 6.04. The Hall–Kier alpha value is -0.990. The number of alkyl halides is 2. The summed E-state index contributed by atoms with van der Waals surface area (Å²) in [5.74, 6) is -2.91. The van der Waals surface area contributed by atoms with E-state index >= 15 is 0 Å². The van der Waals surface area contributed by atoms with Crippen LogP contribution in [-0.4, -0.2) is 53.1 Å². The number of nitrogens with zero attached hydrogens (tertiary/aromatic N) is 1. The number of hydrogen-bond donors (Lipinski definition) is 3. The van der Waals surface area contributed by atoms with Crippen molar-refractivity contribution in [1.29, 1.82) is 0 Å². The standard InChI is InChI=1S/C11H21F2N3O3/c1-10(2,3)19-9(18)15-5-8(17)16-6-11(12,13)4-7(16)14/h7-8,17H,4-6,14H2,1-3H3,(H,15,18)/t7-,8-/m0/s1. The molecule has 112 valence electrons. The summed E-state index contributed by atoms with van der Waals surface area (Å²) in [7, 11) is 0. The number of carbonyl (C=O) groups is 1. The highest BCUT2D eigenvalue weighted by molar-refractivity contribution is 5.67. The number of ether oxygens (including phenoxy) is 1. The minimum absolute atomic E-state index is 0.224. The number of nitrogens with two attached hydrogens (primary N) is 1. The quantitative estimate of drug-likeness (QED) is 0.699. The van der Waals surface area contributed by atoms with Gasteiger partial charge in [-0.15, -0.1) is 0 Å². The van der Waals surface area contributed by atoms with Crippen molar-refractivity contribution in [1.82, 2.24) is 10.2 Å². The molecule has 0 radical (unpaired) electrons. The molecule has 0 unspecified atom stereocenters. The first-order valence-electron chi connectivity index (χ1n) is 6.04. The van der Waals surface area contributed by atoms with Gasteiger partial charge in [-0.25, -0.2) is 13.6 Å². The van der Waals surface area contributed by atoms with Gasteiger partial charge in [-0.3, -0.25) is 4.90 Å². The number of hydrogen-bond acceptors (Lipinski definition) is 5. The van der Waals surface area contributed by atoms with Crippen LogP contribution in [0, 0.1) is 0 Å². The van der Waals surface area contributed by atoms with Crippen LogP contribution in [0.15, 0.2) is 0 Å². The van der Waals surface area contributed by atoms with Crippen molar-refractivity contribution >= 4 is 6.09 Å². The second kappa shape index (κ2) is 5.56. The molecule has 0 aromatic carbocycles. The zero-order valence-electron chi connectivity index (χ0n) is 11.3. The fraction of sp³-hybridized carbons (Fsp3) is 0.909. The summed E-state index contributed by atoms with van der Waals surface area (Å²) in [5, 5.41) is 12.1. The molecular weight excluding hydrogens is 260 g/mol. The zero-order chi connectivity index (χ0) is 14.8. The van der Waals surface area contributed by atoms with Gasteiger partial charge in [-0.2, -0.15) is 0 Å². The Kier molecular flexibility index (Phi) is 4.70. The minimum Gasteiger partial charge on any atom is -0.444 e. The van der Waals surface area contributed by atoms with E-state index in [0.717, 1.165) is 4.90 Å². The summed E-state index contributed by atoms with van der Waals surface area (Å²) in [6.07, 6.45) is -3.41. The summed E-state index contributed by atoms with van der Waals surface area (Å²) in [5.41, 5.74) is 4.85. The topological polar surface area (TPSA) is 87.8 Å². The lowest BCUT2D eigenvalue weighted by molar-refractivity contribution is -0.0352. The van der Waals surface area contributed by atoms with Gasteiger partial charge < -0.3 is 20.9 Å². The zero-order valence-corrected chi connectivity index (χ0v) is 11.3. The number of rotatable bonds is 3. The van der Waals surface area contributed by atoms with E-state index in [-0.39, 0.29) is 6.54 Å². The van der Waals surface area contributed by atoms with Gasteiger partial charge >= 0.3 is 6.09 Å². The van der Waals surface area contributed by atoms with E-state index in [0.29, 0.717) is 0 Å². The third-order valence-corrected chi connectivity index (χ3v) is 2.56. The van der Waals surface area contributed by atoms with Crippen LogP contribution >= 0.6 is 0 Å². The Morgan fingerprint density at radius 1 is 1.63 bits per heavy atom. The van der Waals surface area contributed by atoms with E-state index in [1.807, 2.05) is 0 Å². The highest BCUT2D eigenvalue weighted by Gasteiger charge is 2.45. The third kappa shape index (κ3) is 5.25. The molecule has 1 saturated heterocycles. The maximum absolute atomic E-state index is 13.1. The molecule has 1 heterocycles. The van der Waals surface area contributed by atoms with Crippen molar-refractivity contribution in [3.63, 3.8) is 0 Å². The predicted molar refractivity (Wildman–Crippen MR) is 64.5 cm³/mol. The molecule has 1 fully saturated rings. The molecule has 1 amide bonds. The summed E-state index contributed by atoms with van der Waals surface area (Å²) >= 11 is 0. The van der Waals surface area contributed by atoms with E-state index < -0.39 is 43.0 Å². The number of nitrogens with one attached hydrogen (secondary N) is 1. The van der Waals surface area contributed by atoms with Crippen LogP contribution in [0.1, 0.15) is 27.2 Å². The molecule has 8 heteroatoms. The van der Waals surface area contributed by atoms with E-state index in [1.165, 1.54) is 0 Å². The fourth-order valence-corrected chi connectivity index (χ4v) is 1.80. The Bertz CT molecular complexity index is 334. The SMILES string of the molecule is CC(C)(C)OC(=O)NC[C@H](O)N1CC(F)(F)C[C@H]1N. The van der Waals surface area contributed by atoms with Crippen molar-refractivity contribution in [2.45, 2.75) is 51.1 Å². The fourth-order valence-electron chi connectivity index (χ4n) is 1.80. The molecule has 1 rings (SSSR count). The smallest absolute Gasteiger partial charge is 0.407 e. The van der Waals surface area contributed by atoms with E-state index in [2.05, 4.69) is 5.32 Å². The summed E-state index contributed by atoms with van der Waals surface area (Å²) < 4.78 is 31.1.